The number of fused-ring (bicyclic) bond motifs is 1. The summed E-state index contributed by atoms with van der Waals surface area (Å²) in [7, 11) is 1.65. The molecule has 1 aliphatic rings. The van der Waals surface area contributed by atoms with E-state index in [0.717, 1.165) is 37.5 Å². The van der Waals surface area contributed by atoms with E-state index in [2.05, 4.69) is 25.1 Å². The van der Waals surface area contributed by atoms with E-state index in [1.807, 2.05) is 0 Å². The quantitative estimate of drug-likeness (QED) is 0.912. The van der Waals surface area contributed by atoms with Crippen LogP contribution in [0.15, 0.2) is 10.9 Å². The highest BCUT2D eigenvalue weighted by Crippen LogP contribution is 2.16. The fourth-order valence-corrected chi connectivity index (χ4v) is 3.04. The Morgan fingerprint density at radius 1 is 1.52 bits per heavy atom. The lowest BCUT2D eigenvalue weighted by molar-refractivity contribution is 0.0928. The molecule has 0 fully saturated rings. The maximum absolute atomic E-state index is 12.0. The van der Waals surface area contributed by atoms with Crippen LogP contribution in [-0.4, -0.2) is 38.8 Å². The molecule has 0 saturated carbocycles. The molecule has 2 aromatic rings. The van der Waals surface area contributed by atoms with Gasteiger partial charge in [0.1, 0.15) is 18.1 Å². The number of rotatable bonds is 4. The minimum absolute atomic E-state index is 0.101. The van der Waals surface area contributed by atoms with E-state index in [0.29, 0.717) is 12.3 Å². The molecule has 1 unspecified atom stereocenters. The SMILES string of the molecule is COCc1nnc2n1CCC(NC(=O)c1cscn1)CC2. The number of carbonyl (C=O) groups is 1. The Bertz CT molecular complexity index is 610. The lowest BCUT2D eigenvalue weighted by atomic mass is 10.1. The van der Waals surface area contributed by atoms with Gasteiger partial charge in [-0.2, -0.15) is 0 Å². The molecule has 0 spiro atoms. The summed E-state index contributed by atoms with van der Waals surface area (Å²) in [4.78, 5) is 16.1. The Hall–Kier alpha value is -1.80. The number of nitrogens with one attached hydrogen (secondary N) is 1. The van der Waals surface area contributed by atoms with Gasteiger partial charge in [0.15, 0.2) is 5.82 Å². The summed E-state index contributed by atoms with van der Waals surface area (Å²) in [5.41, 5.74) is 2.16. The van der Waals surface area contributed by atoms with Gasteiger partial charge in [-0.05, 0) is 12.8 Å². The number of nitrogens with zero attached hydrogens (tertiary/aromatic N) is 4. The fourth-order valence-electron chi connectivity index (χ4n) is 2.51. The van der Waals surface area contributed by atoms with Gasteiger partial charge in [0.2, 0.25) is 0 Å². The summed E-state index contributed by atoms with van der Waals surface area (Å²) in [5.74, 6) is 1.71. The van der Waals surface area contributed by atoms with Crippen LogP contribution in [0.1, 0.15) is 35.0 Å². The summed E-state index contributed by atoms with van der Waals surface area (Å²) in [5, 5.41) is 13.2. The first-order chi connectivity index (χ1) is 10.3. The number of hydrogen-bond donors (Lipinski definition) is 1. The van der Waals surface area contributed by atoms with Crippen LogP contribution in [0.2, 0.25) is 0 Å². The highest BCUT2D eigenvalue weighted by atomic mass is 32.1. The average Bonchev–Trinajstić information content (AvgIpc) is 3.09. The Balaban J connectivity index is 1.63. The molecule has 1 N–H and O–H groups in total. The van der Waals surface area contributed by atoms with E-state index >= 15 is 0 Å². The van der Waals surface area contributed by atoms with Gasteiger partial charge >= 0.3 is 0 Å². The smallest absolute Gasteiger partial charge is 0.270 e. The third-order valence-corrected chi connectivity index (χ3v) is 4.18. The number of hydrogen-bond acceptors (Lipinski definition) is 6. The minimum Gasteiger partial charge on any atom is -0.377 e. The Morgan fingerprint density at radius 3 is 3.19 bits per heavy atom. The van der Waals surface area contributed by atoms with Crippen molar-refractivity contribution >= 4 is 17.2 Å². The molecule has 0 bridgehead atoms. The lowest BCUT2D eigenvalue weighted by Gasteiger charge is -2.15. The van der Waals surface area contributed by atoms with Crippen molar-refractivity contribution in [1.29, 1.82) is 0 Å². The monoisotopic (exact) mass is 307 g/mol. The van der Waals surface area contributed by atoms with Crippen LogP contribution in [0.3, 0.4) is 0 Å². The molecule has 0 radical (unpaired) electrons. The van der Waals surface area contributed by atoms with Crippen LogP contribution in [0.5, 0.6) is 0 Å². The lowest BCUT2D eigenvalue weighted by Crippen LogP contribution is -2.35. The molecular weight excluding hydrogens is 290 g/mol. The average molecular weight is 307 g/mol. The predicted molar refractivity (Wildman–Crippen MR) is 77.0 cm³/mol. The summed E-state index contributed by atoms with van der Waals surface area (Å²) >= 11 is 1.42. The molecule has 7 nitrogen and oxygen atoms in total. The summed E-state index contributed by atoms with van der Waals surface area (Å²) in [6.45, 7) is 1.26. The molecule has 0 aliphatic carbocycles. The van der Waals surface area contributed by atoms with Crippen LogP contribution in [0, 0.1) is 0 Å². The van der Waals surface area contributed by atoms with Crippen molar-refractivity contribution in [1.82, 2.24) is 25.1 Å². The molecule has 0 saturated heterocycles. The number of carbonyl (C=O) groups excluding carboxylic acids is 1. The number of aromatic nitrogens is 4. The number of thiazole rings is 1. The molecule has 8 heteroatoms. The molecule has 112 valence electrons. The van der Waals surface area contributed by atoms with Crippen molar-refractivity contribution < 1.29 is 9.53 Å². The molecule has 2 aromatic heterocycles. The summed E-state index contributed by atoms with van der Waals surface area (Å²) in [6.07, 6.45) is 2.53. The first-order valence-corrected chi connectivity index (χ1v) is 7.81. The topological polar surface area (TPSA) is 81.9 Å². The van der Waals surface area contributed by atoms with E-state index in [9.17, 15) is 4.79 Å². The van der Waals surface area contributed by atoms with Gasteiger partial charge in [0.25, 0.3) is 5.91 Å². The zero-order chi connectivity index (χ0) is 14.7. The zero-order valence-electron chi connectivity index (χ0n) is 11.8. The van der Waals surface area contributed by atoms with E-state index < -0.39 is 0 Å². The van der Waals surface area contributed by atoms with Gasteiger partial charge < -0.3 is 14.6 Å². The largest absolute Gasteiger partial charge is 0.377 e. The van der Waals surface area contributed by atoms with Crippen molar-refractivity contribution in [2.24, 2.45) is 0 Å². The first-order valence-electron chi connectivity index (χ1n) is 6.87. The second-order valence-electron chi connectivity index (χ2n) is 4.99. The fraction of sp³-hybridized carbons (Fsp3) is 0.538. The summed E-state index contributed by atoms with van der Waals surface area (Å²) < 4.78 is 7.23. The Labute approximate surface area is 126 Å². The van der Waals surface area contributed by atoms with Gasteiger partial charge in [0, 0.05) is 31.5 Å². The Morgan fingerprint density at radius 2 is 2.43 bits per heavy atom. The van der Waals surface area contributed by atoms with Crippen molar-refractivity contribution in [3.05, 3.63) is 28.2 Å². The molecule has 1 amide bonds. The highest BCUT2D eigenvalue weighted by Gasteiger charge is 2.22. The maximum atomic E-state index is 12.0. The van der Waals surface area contributed by atoms with Gasteiger partial charge in [-0.25, -0.2) is 4.98 Å². The number of ether oxygens (including phenoxy) is 1. The van der Waals surface area contributed by atoms with Crippen LogP contribution in [-0.2, 0) is 24.3 Å². The highest BCUT2D eigenvalue weighted by molar-refractivity contribution is 7.07. The van der Waals surface area contributed by atoms with Crippen LogP contribution in [0.4, 0.5) is 0 Å². The molecule has 1 aliphatic heterocycles. The third kappa shape index (κ3) is 3.11. The number of methoxy groups -OCH3 is 1. The van der Waals surface area contributed by atoms with E-state index in [-0.39, 0.29) is 11.9 Å². The minimum atomic E-state index is -0.101. The third-order valence-electron chi connectivity index (χ3n) is 3.60. The Kier molecular flexibility index (Phi) is 4.26. The first kappa shape index (κ1) is 14.2. The summed E-state index contributed by atoms with van der Waals surface area (Å²) in [6, 6.07) is 0.135. The molecule has 21 heavy (non-hydrogen) atoms. The van der Waals surface area contributed by atoms with Gasteiger partial charge in [0.05, 0.1) is 5.51 Å². The van der Waals surface area contributed by atoms with Crippen molar-refractivity contribution in [3.63, 3.8) is 0 Å². The molecule has 3 rings (SSSR count). The second kappa shape index (κ2) is 6.31. The predicted octanol–water partition coefficient (Wildman–Crippen LogP) is 1.02. The second-order valence-corrected chi connectivity index (χ2v) is 5.71. The molecular formula is C13H17N5O2S. The maximum Gasteiger partial charge on any atom is 0.270 e. The van der Waals surface area contributed by atoms with Crippen molar-refractivity contribution in [2.75, 3.05) is 7.11 Å². The van der Waals surface area contributed by atoms with Gasteiger partial charge in [-0.1, -0.05) is 0 Å². The van der Waals surface area contributed by atoms with Crippen molar-refractivity contribution in [2.45, 2.75) is 38.5 Å². The molecule has 3 heterocycles. The number of aryl methyl sites for hydroxylation is 1. The van der Waals surface area contributed by atoms with Crippen LogP contribution < -0.4 is 5.32 Å². The molecule has 0 aromatic carbocycles. The van der Waals surface area contributed by atoms with E-state index in [4.69, 9.17) is 4.74 Å². The van der Waals surface area contributed by atoms with E-state index in [1.165, 1.54) is 11.3 Å². The van der Waals surface area contributed by atoms with Gasteiger partial charge in [-0.15, -0.1) is 21.5 Å². The van der Waals surface area contributed by atoms with Crippen molar-refractivity contribution in [3.8, 4) is 0 Å². The van der Waals surface area contributed by atoms with Crippen LogP contribution in [0.25, 0.3) is 0 Å². The standard InChI is InChI=1S/C13H17N5O2S/c1-20-6-12-17-16-11-3-2-9(4-5-18(11)12)15-13(19)10-7-21-8-14-10/h7-9H,2-6H2,1H3,(H,15,19). The van der Waals surface area contributed by atoms with Gasteiger partial charge in [-0.3, -0.25) is 4.79 Å². The van der Waals surface area contributed by atoms with Crippen LogP contribution >= 0.6 is 11.3 Å². The normalized spacial score (nSPS) is 18.0. The number of amides is 1. The zero-order valence-corrected chi connectivity index (χ0v) is 12.6. The van der Waals surface area contributed by atoms with E-state index in [1.54, 1.807) is 18.0 Å². The molecule has 1 atom stereocenters.